The molecule has 0 saturated carbocycles. The number of fused-ring (bicyclic) bond motifs is 10. The third kappa shape index (κ3) is 5.04. The van der Waals surface area contributed by atoms with Crippen molar-refractivity contribution in [3.8, 4) is 51.0 Å². The van der Waals surface area contributed by atoms with E-state index in [2.05, 4.69) is 150 Å². The molecule has 266 valence electrons. The number of hydrogen-bond acceptors (Lipinski definition) is 5. The monoisotopic (exact) mass is 746 g/mol. The number of benzene rings is 8. The summed E-state index contributed by atoms with van der Waals surface area (Å²) in [6.07, 6.45) is 0. The Bertz CT molecular complexity index is 3510. The molecule has 57 heavy (non-hydrogen) atoms. The van der Waals surface area contributed by atoms with E-state index in [1.165, 1.54) is 42.8 Å². The molecule has 0 aliphatic rings. The summed E-state index contributed by atoms with van der Waals surface area (Å²) in [5, 5.41) is 6.97. The van der Waals surface area contributed by atoms with E-state index in [-0.39, 0.29) is 0 Å². The molecular weight excluding hydrogens is 717 g/mol. The molecule has 0 saturated heterocycles. The Hall–Kier alpha value is -7.41. The van der Waals surface area contributed by atoms with Gasteiger partial charge in [-0.3, -0.25) is 0 Å². The fourth-order valence-corrected chi connectivity index (χ4v) is 9.73. The quantitative estimate of drug-likeness (QED) is 0.176. The van der Waals surface area contributed by atoms with Gasteiger partial charge in [0.1, 0.15) is 11.2 Å². The van der Waals surface area contributed by atoms with Crippen molar-refractivity contribution in [2.75, 3.05) is 0 Å². The highest BCUT2D eigenvalue weighted by Crippen LogP contribution is 2.45. The predicted octanol–water partition coefficient (Wildman–Crippen LogP) is 13.9. The molecule has 12 rings (SSSR count). The highest BCUT2D eigenvalue weighted by atomic mass is 32.1. The van der Waals surface area contributed by atoms with Crippen LogP contribution in [0.5, 0.6) is 0 Å². The molecule has 0 aliphatic heterocycles. The van der Waals surface area contributed by atoms with Gasteiger partial charge in [-0.2, -0.15) is 0 Å². The Labute approximate surface area is 330 Å². The molecule has 0 N–H and O–H groups in total. The van der Waals surface area contributed by atoms with Crippen molar-refractivity contribution in [3.63, 3.8) is 0 Å². The lowest BCUT2D eigenvalue weighted by molar-refractivity contribution is 0.669. The van der Waals surface area contributed by atoms with E-state index < -0.39 is 0 Å². The fraction of sp³-hybridized carbons (Fsp3) is 0. The maximum atomic E-state index is 6.19. The second-order valence-corrected chi connectivity index (χ2v) is 15.4. The summed E-state index contributed by atoms with van der Waals surface area (Å²) in [5.41, 5.74) is 10.3. The van der Waals surface area contributed by atoms with Gasteiger partial charge in [0.25, 0.3) is 0 Å². The zero-order valence-electron chi connectivity index (χ0n) is 30.4. The van der Waals surface area contributed by atoms with Crippen LogP contribution in [0.1, 0.15) is 0 Å². The molecule has 5 nitrogen and oxygen atoms in total. The van der Waals surface area contributed by atoms with Crippen molar-refractivity contribution in [3.05, 3.63) is 182 Å². The van der Waals surface area contributed by atoms with Crippen LogP contribution in [0.15, 0.2) is 186 Å². The molecule has 0 radical (unpaired) electrons. The first-order chi connectivity index (χ1) is 28.2. The summed E-state index contributed by atoms with van der Waals surface area (Å²) in [4.78, 5) is 15.7. The number of para-hydroxylation sites is 3. The van der Waals surface area contributed by atoms with Crippen LogP contribution in [0, 0.1) is 0 Å². The van der Waals surface area contributed by atoms with E-state index in [0.717, 1.165) is 54.6 Å². The fourth-order valence-electron chi connectivity index (χ4n) is 8.39. The summed E-state index contributed by atoms with van der Waals surface area (Å²) < 4.78 is 11.0. The second kappa shape index (κ2) is 12.6. The highest BCUT2D eigenvalue weighted by Gasteiger charge is 2.21. The van der Waals surface area contributed by atoms with Gasteiger partial charge in [0, 0.05) is 59.4 Å². The number of aromatic nitrogens is 4. The molecule has 0 aliphatic carbocycles. The third-order valence-corrected chi connectivity index (χ3v) is 12.3. The van der Waals surface area contributed by atoms with Crippen LogP contribution in [0.3, 0.4) is 0 Å². The second-order valence-electron chi connectivity index (χ2n) is 14.4. The standard InChI is InChI=1S/C51H30N4OS/c1-3-12-31(13-4-1)32-22-24-33(25-23-32)49-52-50(34-26-29-45-42(30-34)37-17-8-10-21-44(37)56-45)54-51(53-49)41-19-11-18-39-40-28-27-38-36-16-7-9-20-43(36)55(35-14-5-2-6-15-35)46(38)48(40)57-47(39)41/h1-30H. The average Bonchev–Trinajstić information content (AvgIpc) is 3.96. The molecule has 0 fully saturated rings. The zero-order chi connectivity index (χ0) is 37.5. The van der Waals surface area contributed by atoms with Gasteiger partial charge in [-0.1, -0.05) is 133 Å². The smallest absolute Gasteiger partial charge is 0.165 e. The SMILES string of the molecule is c1ccc(-c2ccc(-c3nc(-c4ccc5oc6ccccc6c5c4)nc(-c4cccc5c4sc4c5ccc5c6ccccc6n(-c6ccccc6)c54)n3)cc2)cc1. The molecule has 0 spiro atoms. The van der Waals surface area contributed by atoms with Crippen LogP contribution >= 0.6 is 11.3 Å². The van der Waals surface area contributed by atoms with Gasteiger partial charge >= 0.3 is 0 Å². The molecule has 0 unspecified atom stereocenters. The summed E-state index contributed by atoms with van der Waals surface area (Å²) >= 11 is 1.81. The van der Waals surface area contributed by atoms with Crippen LogP contribution in [-0.2, 0) is 0 Å². The molecular formula is C51H30N4OS. The van der Waals surface area contributed by atoms with Crippen molar-refractivity contribution < 1.29 is 4.42 Å². The largest absolute Gasteiger partial charge is 0.456 e. The number of furan rings is 1. The number of nitrogens with zero attached hydrogens (tertiary/aromatic N) is 4. The Balaban J connectivity index is 1.09. The van der Waals surface area contributed by atoms with Crippen molar-refractivity contribution in [1.82, 2.24) is 19.5 Å². The van der Waals surface area contributed by atoms with Crippen LogP contribution in [0.25, 0.3) is 115 Å². The zero-order valence-corrected chi connectivity index (χ0v) is 31.2. The number of hydrogen-bond donors (Lipinski definition) is 0. The molecule has 8 aromatic carbocycles. The Morgan fingerprint density at radius 1 is 0.386 bits per heavy atom. The Morgan fingerprint density at radius 2 is 0.982 bits per heavy atom. The van der Waals surface area contributed by atoms with E-state index in [4.69, 9.17) is 19.4 Å². The maximum absolute atomic E-state index is 6.19. The van der Waals surface area contributed by atoms with E-state index in [1.807, 2.05) is 47.7 Å². The number of thiophene rings is 1. The van der Waals surface area contributed by atoms with Gasteiger partial charge in [-0.25, -0.2) is 15.0 Å². The normalized spacial score (nSPS) is 11.9. The Kier molecular flexibility index (Phi) is 7.03. The minimum atomic E-state index is 0.610. The van der Waals surface area contributed by atoms with Gasteiger partial charge in [0.05, 0.1) is 15.7 Å². The van der Waals surface area contributed by atoms with Crippen LogP contribution in [0.4, 0.5) is 0 Å². The first-order valence-electron chi connectivity index (χ1n) is 19.0. The lowest BCUT2D eigenvalue weighted by Gasteiger charge is -2.10. The van der Waals surface area contributed by atoms with E-state index in [0.29, 0.717) is 17.5 Å². The third-order valence-electron chi connectivity index (χ3n) is 11.1. The van der Waals surface area contributed by atoms with Crippen LogP contribution < -0.4 is 0 Å². The minimum absolute atomic E-state index is 0.610. The van der Waals surface area contributed by atoms with Gasteiger partial charge in [-0.05, 0) is 59.7 Å². The van der Waals surface area contributed by atoms with Gasteiger partial charge in [0.2, 0.25) is 0 Å². The van der Waals surface area contributed by atoms with Gasteiger partial charge < -0.3 is 8.98 Å². The first-order valence-corrected chi connectivity index (χ1v) is 19.8. The summed E-state index contributed by atoms with van der Waals surface area (Å²) in [6, 6.07) is 63.7. The van der Waals surface area contributed by atoms with E-state index in [1.54, 1.807) is 0 Å². The van der Waals surface area contributed by atoms with Gasteiger partial charge in [0.15, 0.2) is 17.5 Å². The lowest BCUT2D eigenvalue weighted by atomic mass is 10.0. The maximum Gasteiger partial charge on any atom is 0.165 e. The lowest BCUT2D eigenvalue weighted by Crippen LogP contribution is -2.00. The van der Waals surface area contributed by atoms with Crippen molar-refractivity contribution in [2.24, 2.45) is 0 Å². The molecule has 0 atom stereocenters. The average molecular weight is 747 g/mol. The summed E-state index contributed by atoms with van der Waals surface area (Å²) in [7, 11) is 0. The molecule has 6 heteroatoms. The molecule has 4 aromatic heterocycles. The van der Waals surface area contributed by atoms with Gasteiger partial charge in [-0.15, -0.1) is 11.3 Å². The van der Waals surface area contributed by atoms with E-state index >= 15 is 0 Å². The van der Waals surface area contributed by atoms with Crippen LogP contribution in [0.2, 0.25) is 0 Å². The van der Waals surface area contributed by atoms with Crippen molar-refractivity contribution >= 4 is 75.3 Å². The summed E-state index contributed by atoms with van der Waals surface area (Å²) in [5.74, 6) is 1.87. The number of rotatable bonds is 5. The van der Waals surface area contributed by atoms with E-state index in [9.17, 15) is 0 Å². The summed E-state index contributed by atoms with van der Waals surface area (Å²) in [6.45, 7) is 0. The molecule has 0 amide bonds. The van der Waals surface area contributed by atoms with Crippen LogP contribution in [-0.4, -0.2) is 19.5 Å². The van der Waals surface area contributed by atoms with Crippen molar-refractivity contribution in [2.45, 2.75) is 0 Å². The predicted molar refractivity (Wildman–Crippen MR) is 236 cm³/mol. The Morgan fingerprint density at radius 3 is 1.82 bits per heavy atom. The molecule has 4 heterocycles. The molecule has 0 bridgehead atoms. The van der Waals surface area contributed by atoms with Crippen molar-refractivity contribution in [1.29, 1.82) is 0 Å². The minimum Gasteiger partial charge on any atom is -0.456 e. The first kappa shape index (κ1) is 31.9. The highest BCUT2D eigenvalue weighted by molar-refractivity contribution is 7.27. The topological polar surface area (TPSA) is 56.7 Å². The molecule has 12 aromatic rings.